The Morgan fingerprint density at radius 3 is 2.71 bits per heavy atom. The first-order valence-electron chi connectivity index (χ1n) is 5.67. The molecule has 0 heterocycles. The molecule has 3 aliphatic rings. The molecule has 2 unspecified atom stereocenters. The molecule has 0 saturated heterocycles. The second kappa shape index (κ2) is 2.95. The number of rotatable bonds is 3. The number of allylic oxidation sites excluding steroid dienone is 2. The first kappa shape index (κ1) is 9.95. The number of fused-ring (bicyclic) bond motifs is 2. The fourth-order valence-corrected chi connectivity index (χ4v) is 3.40. The summed E-state index contributed by atoms with van der Waals surface area (Å²) in [6.45, 7) is 7.04. The van der Waals surface area contributed by atoms with E-state index in [1.54, 1.807) is 5.57 Å². The lowest BCUT2D eigenvalue weighted by Crippen LogP contribution is -2.47. The molecular weight excluding hydrogens is 172 g/mol. The molecule has 1 heteroatoms. The van der Waals surface area contributed by atoms with Crippen molar-refractivity contribution in [1.29, 1.82) is 0 Å². The molecular formula is C13H20O. The van der Waals surface area contributed by atoms with Gasteiger partial charge < -0.3 is 4.79 Å². The van der Waals surface area contributed by atoms with E-state index in [4.69, 9.17) is 0 Å². The van der Waals surface area contributed by atoms with E-state index in [2.05, 4.69) is 26.8 Å². The third-order valence-electron chi connectivity index (χ3n) is 4.46. The van der Waals surface area contributed by atoms with E-state index in [0.717, 1.165) is 18.6 Å². The van der Waals surface area contributed by atoms with Crippen molar-refractivity contribution >= 4 is 6.29 Å². The average Bonchev–Trinajstić information content (AvgIpc) is 2.14. The summed E-state index contributed by atoms with van der Waals surface area (Å²) in [6.07, 6.45) is 7.86. The standard InChI is InChI=1S/C13H20O/c1-12(2)10-5-7-13(3,6-4-8-14)11(12)9-10/h8-10H,4-7H2,1-3H3. The third kappa shape index (κ3) is 1.18. The van der Waals surface area contributed by atoms with E-state index in [1.807, 2.05) is 0 Å². The van der Waals surface area contributed by atoms with Crippen LogP contribution in [0.4, 0.5) is 0 Å². The predicted octanol–water partition coefficient (Wildman–Crippen LogP) is 3.35. The number of aldehydes is 1. The fraction of sp³-hybridized carbons (Fsp3) is 0.769. The zero-order valence-corrected chi connectivity index (χ0v) is 9.47. The molecule has 0 amide bonds. The topological polar surface area (TPSA) is 17.1 Å². The molecule has 78 valence electrons. The Morgan fingerprint density at radius 2 is 2.21 bits per heavy atom. The van der Waals surface area contributed by atoms with Gasteiger partial charge in [-0.15, -0.1) is 0 Å². The van der Waals surface area contributed by atoms with E-state index >= 15 is 0 Å². The monoisotopic (exact) mass is 192 g/mol. The van der Waals surface area contributed by atoms with E-state index in [0.29, 0.717) is 17.3 Å². The minimum atomic E-state index is 0.319. The van der Waals surface area contributed by atoms with Gasteiger partial charge >= 0.3 is 0 Å². The van der Waals surface area contributed by atoms with Crippen molar-refractivity contribution in [3.63, 3.8) is 0 Å². The number of hydrogen-bond donors (Lipinski definition) is 0. The third-order valence-corrected chi connectivity index (χ3v) is 4.46. The van der Waals surface area contributed by atoms with Crippen LogP contribution in [0.25, 0.3) is 0 Å². The van der Waals surface area contributed by atoms with Crippen molar-refractivity contribution in [1.82, 2.24) is 0 Å². The lowest BCUT2D eigenvalue weighted by molar-refractivity contribution is -0.108. The molecule has 1 nitrogen and oxygen atoms in total. The van der Waals surface area contributed by atoms with Gasteiger partial charge in [-0.1, -0.05) is 32.4 Å². The molecule has 0 N–H and O–H groups in total. The molecule has 2 bridgehead atoms. The Morgan fingerprint density at radius 1 is 1.50 bits per heavy atom. The summed E-state index contributed by atoms with van der Waals surface area (Å²) in [5.74, 6) is 0.807. The average molecular weight is 192 g/mol. The minimum absolute atomic E-state index is 0.319. The van der Waals surface area contributed by atoms with Crippen LogP contribution >= 0.6 is 0 Å². The SMILES string of the molecule is CC1(CCC=O)CCC2C=C1C2(C)C. The lowest BCUT2D eigenvalue weighted by atomic mass is 9.47. The van der Waals surface area contributed by atoms with Crippen LogP contribution in [0.5, 0.6) is 0 Å². The van der Waals surface area contributed by atoms with Gasteiger partial charge in [-0.05, 0) is 36.0 Å². The highest BCUT2D eigenvalue weighted by Gasteiger charge is 2.51. The Balaban J connectivity index is 2.18. The Bertz CT molecular complexity index is 288. The smallest absolute Gasteiger partial charge is 0.120 e. The molecule has 0 aromatic heterocycles. The first-order valence-corrected chi connectivity index (χ1v) is 5.67. The van der Waals surface area contributed by atoms with Gasteiger partial charge in [0.05, 0.1) is 0 Å². The number of carbonyl (C=O) groups excluding carboxylic acids is 1. The van der Waals surface area contributed by atoms with Crippen LogP contribution in [-0.2, 0) is 4.79 Å². The minimum Gasteiger partial charge on any atom is -0.303 e. The molecule has 0 aromatic carbocycles. The maximum Gasteiger partial charge on any atom is 0.120 e. The summed E-state index contributed by atoms with van der Waals surface area (Å²) in [5.41, 5.74) is 2.35. The van der Waals surface area contributed by atoms with E-state index < -0.39 is 0 Å². The van der Waals surface area contributed by atoms with Gasteiger partial charge in [0.2, 0.25) is 0 Å². The van der Waals surface area contributed by atoms with Crippen LogP contribution in [0.15, 0.2) is 11.6 Å². The molecule has 0 aromatic rings. The Kier molecular flexibility index (Phi) is 2.09. The number of carbonyl (C=O) groups is 1. The summed E-state index contributed by atoms with van der Waals surface area (Å²) < 4.78 is 0. The maximum atomic E-state index is 10.5. The molecule has 1 fully saturated rings. The molecule has 3 rings (SSSR count). The summed E-state index contributed by atoms with van der Waals surface area (Å²) in [6, 6.07) is 0. The lowest BCUT2D eigenvalue weighted by Gasteiger charge is -2.57. The Labute approximate surface area is 86.6 Å². The summed E-state index contributed by atoms with van der Waals surface area (Å²) >= 11 is 0. The van der Waals surface area contributed by atoms with Crippen LogP contribution in [0.1, 0.15) is 46.5 Å². The van der Waals surface area contributed by atoms with Gasteiger partial charge in [0.1, 0.15) is 6.29 Å². The van der Waals surface area contributed by atoms with Crippen LogP contribution < -0.4 is 0 Å². The van der Waals surface area contributed by atoms with Crippen molar-refractivity contribution in [3.05, 3.63) is 11.6 Å². The van der Waals surface area contributed by atoms with Gasteiger partial charge in [0.15, 0.2) is 0 Å². The van der Waals surface area contributed by atoms with Crippen molar-refractivity contribution in [2.45, 2.75) is 46.5 Å². The first-order chi connectivity index (χ1) is 6.50. The second-order valence-corrected chi connectivity index (χ2v) is 5.71. The van der Waals surface area contributed by atoms with Crippen LogP contribution in [0, 0.1) is 16.7 Å². The predicted molar refractivity (Wildman–Crippen MR) is 58.0 cm³/mol. The highest BCUT2D eigenvalue weighted by Crippen LogP contribution is 2.62. The van der Waals surface area contributed by atoms with Crippen LogP contribution in [0.3, 0.4) is 0 Å². The molecule has 0 aliphatic heterocycles. The van der Waals surface area contributed by atoms with E-state index in [9.17, 15) is 4.79 Å². The molecule has 0 spiro atoms. The van der Waals surface area contributed by atoms with Gasteiger partial charge in [-0.3, -0.25) is 0 Å². The van der Waals surface area contributed by atoms with E-state index in [-0.39, 0.29) is 0 Å². The van der Waals surface area contributed by atoms with Gasteiger partial charge in [-0.25, -0.2) is 0 Å². The highest BCUT2D eigenvalue weighted by atomic mass is 16.1. The zero-order valence-electron chi connectivity index (χ0n) is 9.47. The summed E-state index contributed by atoms with van der Waals surface area (Å²) in [4.78, 5) is 10.5. The molecule has 1 saturated carbocycles. The highest BCUT2D eigenvalue weighted by molar-refractivity contribution is 5.50. The van der Waals surface area contributed by atoms with Gasteiger partial charge in [-0.2, -0.15) is 0 Å². The fourth-order valence-electron chi connectivity index (χ4n) is 3.40. The van der Waals surface area contributed by atoms with Crippen molar-refractivity contribution in [3.8, 4) is 0 Å². The molecule has 2 atom stereocenters. The maximum absolute atomic E-state index is 10.5. The normalized spacial score (nSPS) is 38.5. The molecule has 14 heavy (non-hydrogen) atoms. The largest absolute Gasteiger partial charge is 0.303 e. The Hall–Kier alpha value is -0.590. The van der Waals surface area contributed by atoms with Crippen molar-refractivity contribution in [2.24, 2.45) is 16.7 Å². The quantitative estimate of drug-likeness (QED) is 0.495. The van der Waals surface area contributed by atoms with Crippen LogP contribution in [0.2, 0.25) is 0 Å². The molecule has 3 aliphatic carbocycles. The second-order valence-electron chi connectivity index (χ2n) is 5.71. The zero-order chi connectivity index (χ0) is 10.4. The molecule has 0 radical (unpaired) electrons. The van der Waals surface area contributed by atoms with E-state index in [1.165, 1.54) is 12.8 Å². The summed E-state index contributed by atoms with van der Waals surface area (Å²) in [5, 5.41) is 0. The van der Waals surface area contributed by atoms with Gasteiger partial charge in [0.25, 0.3) is 0 Å². The number of hydrogen-bond acceptors (Lipinski definition) is 1. The van der Waals surface area contributed by atoms with Crippen LogP contribution in [-0.4, -0.2) is 6.29 Å². The van der Waals surface area contributed by atoms with Gasteiger partial charge in [0, 0.05) is 6.42 Å². The van der Waals surface area contributed by atoms with Crippen molar-refractivity contribution in [2.75, 3.05) is 0 Å². The van der Waals surface area contributed by atoms with Crippen molar-refractivity contribution < 1.29 is 4.79 Å². The summed E-state index contributed by atoms with van der Waals surface area (Å²) in [7, 11) is 0.